The van der Waals surface area contributed by atoms with E-state index in [0.717, 1.165) is 21.8 Å². The molecule has 4 heteroatoms. The lowest BCUT2D eigenvalue weighted by Gasteiger charge is -2.01. The van der Waals surface area contributed by atoms with E-state index in [9.17, 15) is 0 Å². The van der Waals surface area contributed by atoms with Gasteiger partial charge in [0.2, 0.25) is 0 Å². The van der Waals surface area contributed by atoms with E-state index in [1.807, 2.05) is 42.0 Å². The summed E-state index contributed by atoms with van der Waals surface area (Å²) in [5.74, 6) is 0. The van der Waals surface area contributed by atoms with Crippen molar-refractivity contribution in [1.82, 2.24) is 15.0 Å². The molecule has 0 atom stereocenters. The molecule has 0 spiro atoms. The number of nitrogens with zero attached hydrogens (tertiary/aromatic N) is 3. The Morgan fingerprint density at radius 2 is 1.82 bits per heavy atom. The van der Waals surface area contributed by atoms with Crippen LogP contribution in [0, 0.1) is 0 Å². The SMILES string of the molecule is c1cncc(-c2ccc(-c3nccs3)nc2)c1. The molecule has 3 nitrogen and oxygen atoms in total. The first kappa shape index (κ1) is 10.1. The molecule has 0 saturated carbocycles. The second-order valence-corrected chi connectivity index (χ2v) is 4.41. The van der Waals surface area contributed by atoms with Crippen molar-refractivity contribution in [2.24, 2.45) is 0 Å². The molecule has 3 heterocycles. The van der Waals surface area contributed by atoms with E-state index in [-0.39, 0.29) is 0 Å². The van der Waals surface area contributed by atoms with Gasteiger partial charge in [-0.05, 0) is 12.1 Å². The van der Waals surface area contributed by atoms with Gasteiger partial charge in [-0.3, -0.25) is 9.97 Å². The van der Waals surface area contributed by atoms with E-state index in [2.05, 4.69) is 15.0 Å². The minimum atomic E-state index is 0.910. The Morgan fingerprint density at radius 3 is 2.47 bits per heavy atom. The Balaban J connectivity index is 1.96. The van der Waals surface area contributed by atoms with Crippen LogP contribution in [0.5, 0.6) is 0 Å². The van der Waals surface area contributed by atoms with Crippen LogP contribution < -0.4 is 0 Å². The highest BCUT2D eigenvalue weighted by Crippen LogP contribution is 2.22. The normalized spacial score (nSPS) is 10.4. The van der Waals surface area contributed by atoms with Gasteiger partial charge in [-0.2, -0.15) is 0 Å². The molecule has 3 aromatic heterocycles. The molecule has 0 aliphatic heterocycles. The Morgan fingerprint density at radius 1 is 0.882 bits per heavy atom. The van der Waals surface area contributed by atoms with Crippen molar-refractivity contribution in [3.05, 3.63) is 54.4 Å². The summed E-state index contributed by atoms with van der Waals surface area (Å²) < 4.78 is 0. The van der Waals surface area contributed by atoms with Crippen molar-refractivity contribution in [1.29, 1.82) is 0 Å². The highest BCUT2D eigenvalue weighted by molar-refractivity contribution is 7.13. The van der Waals surface area contributed by atoms with Crippen LogP contribution in [-0.2, 0) is 0 Å². The highest BCUT2D eigenvalue weighted by Gasteiger charge is 2.02. The van der Waals surface area contributed by atoms with Crippen molar-refractivity contribution in [2.45, 2.75) is 0 Å². The average Bonchev–Trinajstić information content (AvgIpc) is 2.94. The molecule has 0 amide bonds. The number of hydrogen-bond donors (Lipinski definition) is 0. The van der Waals surface area contributed by atoms with Crippen LogP contribution >= 0.6 is 11.3 Å². The fourth-order valence-corrected chi connectivity index (χ4v) is 2.19. The van der Waals surface area contributed by atoms with Gasteiger partial charge in [0.25, 0.3) is 0 Å². The van der Waals surface area contributed by atoms with Gasteiger partial charge in [0, 0.05) is 41.3 Å². The zero-order valence-corrected chi connectivity index (χ0v) is 9.76. The quantitative estimate of drug-likeness (QED) is 0.689. The second-order valence-electron chi connectivity index (χ2n) is 3.51. The number of pyridine rings is 2. The minimum Gasteiger partial charge on any atom is -0.264 e. The Bertz CT molecular complexity index is 588. The Kier molecular flexibility index (Phi) is 2.63. The fraction of sp³-hybridized carbons (Fsp3) is 0. The van der Waals surface area contributed by atoms with Gasteiger partial charge in [-0.1, -0.05) is 12.1 Å². The zero-order valence-electron chi connectivity index (χ0n) is 8.95. The third-order valence-corrected chi connectivity index (χ3v) is 3.21. The van der Waals surface area contributed by atoms with Gasteiger partial charge in [0.1, 0.15) is 5.01 Å². The lowest BCUT2D eigenvalue weighted by Crippen LogP contribution is -1.84. The van der Waals surface area contributed by atoms with Crippen LogP contribution in [0.2, 0.25) is 0 Å². The van der Waals surface area contributed by atoms with Crippen LogP contribution in [0.1, 0.15) is 0 Å². The van der Waals surface area contributed by atoms with E-state index >= 15 is 0 Å². The summed E-state index contributed by atoms with van der Waals surface area (Å²) in [7, 11) is 0. The third-order valence-electron chi connectivity index (χ3n) is 2.41. The monoisotopic (exact) mass is 239 g/mol. The van der Waals surface area contributed by atoms with E-state index in [1.165, 1.54) is 0 Å². The Hall–Kier alpha value is -2.07. The second kappa shape index (κ2) is 4.43. The lowest BCUT2D eigenvalue weighted by molar-refractivity contribution is 1.28. The van der Waals surface area contributed by atoms with E-state index < -0.39 is 0 Å². The van der Waals surface area contributed by atoms with Crippen molar-refractivity contribution in [3.8, 4) is 21.8 Å². The summed E-state index contributed by atoms with van der Waals surface area (Å²) >= 11 is 1.59. The van der Waals surface area contributed by atoms with Crippen molar-refractivity contribution in [3.63, 3.8) is 0 Å². The maximum atomic E-state index is 4.42. The van der Waals surface area contributed by atoms with Crippen molar-refractivity contribution in [2.75, 3.05) is 0 Å². The standard InChI is InChI=1S/C13H9N3S/c1-2-10(8-14-5-1)11-3-4-12(16-9-11)13-15-6-7-17-13/h1-9H. The first-order valence-electron chi connectivity index (χ1n) is 5.20. The number of thiazole rings is 1. The molecule has 0 bridgehead atoms. The van der Waals surface area contributed by atoms with Gasteiger partial charge < -0.3 is 0 Å². The molecule has 0 unspecified atom stereocenters. The van der Waals surface area contributed by atoms with Crippen LogP contribution in [0.15, 0.2) is 54.4 Å². The highest BCUT2D eigenvalue weighted by atomic mass is 32.1. The molecular formula is C13H9N3S. The molecule has 0 aromatic carbocycles. The fourth-order valence-electron chi connectivity index (χ4n) is 1.57. The number of aromatic nitrogens is 3. The van der Waals surface area contributed by atoms with Gasteiger partial charge in [-0.25, -0.2) is 4.98 Å². The third kappa shape index (κ3) is 2.07. The summed E-state index contributed by atoms with van der Waals surface area (Å²) in [6, 6.07) is 7.97. The molecule has 0 aliphatic rings. The summed E-state index contributed by atoms with van der Waals surface area (Å²) in [5.41, 5.74) is 3.05. The first-order valence-corrected chi connectivity index (χ1v) is 6.08. The molecule has 82 valence electrons. The lowest BCUT2D eigenvalue weighted by atomic mass is 10.1. The van der Waals surface area contributed by atoms with E-state index in [4.69, 9.17) is 0 Å². The molecule has 0 aliphatic carbocycles. The molecule has 3 aromatic rings. The summed E-state index contributed by atoms with van der Waals surface area (Å²) in [5, 5.41) is 2.90. The molecule has 3 rings (SSSR count). The predicted octanol–water partition coefficient (Wildman–Crippen LogP) is 3.27. The smallest absolute Gasteiger partial charge is 0.141 e. The topological polar surface area (TPSA) is 38.7 Å². The van der Waals surface area contributed by atoms with Crippen LogP contribution in [0.25, 0.3) is 21.8 Å². The van der Waals surface area contributed by atoms with E-state index in [0.29, 0.717) is 0 Å². The number of hydrogen-bond acceptors (Lipinski definition) is 4. The minimum absolute atomic E-state index is 0.910. The maximum Gasteiger partial charge on any atom is 0.141 e. The first-order chi connectivity index (χ1) is 8.43. The molecule has 17 heavy (non-hydrogen) atoms. The van der Waals surface area contributed by atoms with Crippen LogP contribution in [0.3, 0.4) is 0 Å². The predicted molar refractivity (Wildman–Crippen MR) is 68.6 cm³/mol. The number of rotatable bonds is 2. The van der Waals surface area contributed by atoms with E-state index in [1.54, 1.807) is 23.7 Å². The Labute approximate surface area is 103 Å². The molecule has 0 radical (unpaired) electrons. The van der Waals surface area contributed by atoms with Gasteiger partial charge in [0.05, 0.1) is 5.69 Å². The summed E-state index contributed by atoms with van der Waals surface area (Å²) in [6.45, 7) is 0. The molecule has 0 saturated heterocycles. The molecule has 0 fully saturated rings. The molecule has 0 N–H and O–H groups in total. The van der Waals surface area contributed by atoms with Crippen LogP contribution in [0.4, 0.5) is 0 Å². The van der Waals surface area contributed by atoms with Crippen molar-refractivity contribution < 1.29 is 0 Å². The van der Waals surface area contributed by atoms with Gasteiger partial charge in [-0.15, -0.1) is 11.3 Å². The van der Waals surface area contributed by atoms with Gasteiger partial charge >= 0.3 is 0 Å². The zero-order chi connectivity index (χ0) is 11.5. The van der Waals surface area contributed by atoms with Crippen LogP contribution in [-0.4, -0.2) is 15.0 Å². The maximum absolute atomic E-state index is 4.42. The average molecular weight is 239 g/mol. The largest absolute Gasteiger partial charge is 0.264 e. The molecular weight excluding hydrogens is 230 g/mol. The van der Waals surface area contributed by atoms with Crippen molar-refractivity contribution >= 4 is 11.3 Å². The summed E-state index contributed by atoms with van der Waals surface area (Å²) in [6.07, 6.45) is 7.24. The summed E-state index contributed by atoms with van der Waals surface area (Å²) in [4.78, 5) is 12.7. The van der Waals surface area contributed by atoms with Gasteiger partial charge in [0.15, 0.2) is 0 Å².